The lowest BCUT2D eigenvalue weighted by molar-refractivity contribution is 0.0673. The van der Waals surface area contributed by atoms with E-state index < -0.39 is 0 Å². The van der Waals surface area contributed by atoms with Crippen molar-refractivity contribution in [2.45, 2.75) is 6.92 Å². The quantitative estimate of drug-likeness (QED) is 0.405. The molecule has 2 heterocycles. The van der Waals surface area contributed by atoms with Crippen LogP contribution in [0.1, 0.15) is 6.92 Å². The highest BCUT2D eigenvalue weighted by molar-refractivity contribution is 14.0. The molecule has 6 nitrogen and oxygen atoms in total. The molecule has 0 spiro atoms. The second-order valence-corrected chi connectivity index (χ2v) is 6.01. The van der Waals surface area contributed by atoms with E-state index in [1.165, 1.54) is 26.2 Å². The van der Waals surface area contributed by atoms with Crippen LogP contribution in [0, 0.1) is 5.92 Å². The summed E-state index contributed by atoms with van der Waals surface area (Å²) in [5, 5.41) is 0. The Morgan fingerprint density at radius 1 is 1.14 bits per heavy atom. The maximum atomic E-state index is 6.05. The first-order chi connectivity index (χ1) is 9.65. The van der Waals surface area contributed by atoms with Crippen molar-refractivity contribution in [3.05, 3.63) is 0 Å². The molecule has 0 bridgehead atoms. The van der Waals surface area contributed by atoms with Crippen molar-refractivity contribution < 1.29 is 4.74 Å². The number of nitrogens with zero attached hydrogens (tertiary/aromatic N) is 4. The number of rotatable bonds is 4. The number of guanidine groups is 1. The fourth-order valence-corrected chi connectivity index (χ4v) is 2.67. The molecule has 2 N–H and O–H groups in total. The number of aliphatic imine (C=N–C) groups is 1. The van der Waals surface area contributed by atoms with Crippen LogP contribution in [0.25, 0.3) is 0 Å². The van der Waals surface area contributed by atoms with Crippen LogP contribution in [-0.2, 0) is 4.74 Å². The molecule has 0 radical (unpaired) electrons. The summed E-state index contributed by atoms with van der Waals surface area (Å²) < 4.78 is 5.32. The Morgan fingerprint density at radius 3 is 2.38 bits per heavy atom. The first-order valence-corrected chi connectivity index (χ1v) is 7.68. The number of hydrogen-bond donors (Lipinski definition) is 1. The molecule has 7 heteroatoms. The SMILES string of the molecule is CC(CN=C(N)N1CCOCC1)CN1CCN(C)CC1.I. The molecule has 0 aliphatic carbocycles. The monoisotopic (exact) mass is 411 g/mol. The van der Waals surface area contributed by atoms with E-state index in [4.69, 9.17) is 10.5 Å². The smallest absolute Gasteiger partial charge is 0.191 e. The number of morpholine rings is 1. The molecule has 124 valence electrons. The molecular weight excluding hydrogens is 381 g/mol. The summed E-state index contributed by atoms with van der Waals surface area (Å²) in [6.07, 6.45) is 0. The number of ether oxygens (including phenoxy) is 1. The van der Waals surface area contributed by atoms with Crippen LogP contribution in [0.15, 0.2) is 4.99 Å². The van der Waals surface area contributed by atoms with Crippen LogP contribution in [0.3, 0.4) is 0 Å². The van der Waals surface area contributed by atoms with E-state index in [2.05, 4.69) is 33.7 Å². The fourth-order valence-electron chi connectivity index (χ4n) is 2.67. The predicted octanol–water partition coefficient (Wildman–Crippen LogP) is 0.135. The number of piperazine rings is 1. The van der Waals surface area contributed by atoms with Gasteiger partial charge in [-0.15, -0.1) is 24.0 Å². The zero-order valence-corrected chi connectivity index (χ0v) is 15.7. The van der Waals surface area contributed by atoms with Crippen molar-refractivity contribution in [2.75, 3.05) is 72.6 Å². The van der Waals surface area contributed by atoms with Gasteiger partial charge in [-0.2, -0.15) is 0 Å². The molecule has 0 amide bonds. The first-order valence-electron chi connectivity index (χ1n) is 7.68. The van der Waals surface area contributed by atoms with Crippen LogP contribution < -0.4 is 5.73 Å². The van der Waals surface area contributed by atoms with Crippen LogP contribution in [0.4, 0.5) is 0 Å². The molecule has 1 unspecified atom stereocenters. The van der Waals surface area contributed by atoms with Gasteiger partial charge in [-0.25, -0.2) is 0 Å². The molecular formula is C14H30IN5O. The zero-order valence-electron chi connectivity index (χ0n) is 13.3. The van der Waals surface area contributed by atoms with Gasteiger partial charge in [0.1, 0.15) is 0 Å². The third-order valence-corrected chi connectivity index (χ3v) is 4.07. The van der Waals surface area contributed by atoms with Crippen LogP contribution in [-0.4, -0.2) is 93.3 Å². The first kappa shape index (κ1) is 18.9. The molecule has 0 aromatic rings. The molecule has 0 aromatic heterocycles. The van der Waals surface area contributed by atoms with Crippen LogP contribution in [0.5, 0.6) is 0 Å². The van der Waals surface area contributed by atoms with E-state index in [0.717, 1.165) is 39.4 Å². The van der Waals surface area contributed by atoms with Gasteiger partial charge in [0, 0.05) is 52.4 Å². The van der Waals surface area contributed by atoms with Gasteiger partial charge in [0.2, 0.25) is 0 Å². The van der Waals surface area contributed by atoms with Crippen molar-refractivity contribution in [1.29, 1.82) is 0 Å². The van der Waals surface area contributed by atoms with E-state index in [1.54, 1.807) is 0 Å². The van der Waals surface area contributed by atoms with E-state index in [0.29, 0.717) is 11.9 Å². The molecule has 2 fully saturated rings. The topological polar surface area (TPSA) is 57.3 Å². The summed E-state index contributed by atoms with van der Waals surface area (Å²) >= 11 is 0. The van der Waals surface area contributed by atoms with Crippen molar-refractivity contribution >= 4 is 29.9 Å². The van der Waals surface area contributed by atoms with Crippen molar-refractivity contribution in [3.8, 4) is 0 Å². The summed E-state index contributed by atoms with van der Waals surface area (Å²) in [4.78, 5) is 11.6. The molecule has 2 aliphatic rings. The van der Waals surface area contributed by atoms with Gasteiger partial charge >= 0.3 is 0 Å². The minimum Gasteiger partial charge on any atom is -0.378 e. The number of likely N-dealkylation sites (N-methyl/N-ethyl adjacent to an activating group) is 1. The van der Waals surface area contributed by atoms with Crippen molar-refractivity contribution in [1.82, 2.24) is 14.7 Å². The van der Waals surface area contributed by atoms with Gasteiger partial charge in [-0.05, 0) is 13.0 Å². The Kier molecular flexibility index (Phi) is 8.84. The highest BCUT2D eigenvalue weighted by atomic mass is 127. The summed E-state index contributed by atoms with van der Waals surface area (Å²) in [6, 6.07) is 0. The average molecular weight is 411 g/mol. The van der Waals surface area contributed by atoms with E-state index in [-0.39, 0.29) is 24.0 Å². The van der Waals surface area contributed by atoms with E-state index in [1.807, 2.05) is 0 Å². The zero-order chi connectivity index (χ0) is 14.4. The fraction of sp³-hybridized carbons (Fsp3) is 0.929. The van der Waals surface area contributed by atoms with Gasteiger partial charge in [-0.1, -0.05) is 6.92 Å². The Labute approximate surface area is 145 Å². The average Bonchev–Trinajstić information content (AvgIpc) is 2.48. The lowest BCUT2D eigenvalue weighted by atomic mass is 10.1. The lowest BCUT2D eigenvalue weighted by Gasteiger charge is -2.33. The Hall–Kier alpha value is -0.120. The van der Waals surface area contributed by atoms with Crippen LogP contribution in [0.2, 0.25) is 0 Å². The molecule has 0 aromatic carbocycles. The molecule has 0 saturated carbocycles. The van der Waals surface area contributed by atoms with Gasteiger partial charge in [-0.3, -0.25) is 4.99 Å². The molecule has 1 atom stereocenters. The Bertz CT molecular complexity index is 314. The largest absolute Gasteiger partial charge is 0.378 e. The second kappa shape index (κ2) is 9.81. The minimum atomic E-state index is 0. The number of nitrogens with two attached hydrogens (primary N) is 1. The molecule has 2 saturated heterocycles. The van der Waals surface area contributed by atoms with Crippen molar-refractivity contribution in [3.63, 3.8) is 0 Å². The molecule has 2 rings (SSSR count). The predicted molar refractivity (Wildman–Crippen MR) is 97.4 cm³/mol. The number of halogens is 1. The lowest BCUT2D eigenvalue weighted by Crippen LogP contribution is -2.46. The van der Waals surface area contributed by atoms with Gasteiger partial charge in [0.15, 0.2) is 5.96 Å². The standard InChI is InChI=1S/C14H29N5O.HI/c1-13(12-18-5-3-17(2)4-6-18)11-16-14(15)19-7-9-20-10-8-19;/h13H,3-12H2,1-2H3,(H2,15,16);1H. The summed E-state index contributed by atoms with van der Waals surface area (Å²) in [5.41, 5.74) is 6.05. The second-order valence-electron chi connectivity index (χ2n) is 6.01. The minimum absolute atomic E-state index is 0. The Balaban J connectivity index is 0.00000220. The van der Waals surface area contributed by atoms with Crippen LogP contribution >= 0.6 is 24.0 Å². The van der Waals surface area contributed by atoms with Gasteiger partial charge in [0.25, 0.3) is 0 Å². The normalized spacial score (nSPS) is 23.7. The van der Waals surface area contributed by atoms with Gasteiger partial charge < -0.3 is 25.2 Å². The van der Waals surface area contributed by atoms with Gasteiger partial charge in [0.05, 0.1) is 13.2 Å². The van der Waals surface area contributed by atoms with E-state index in [9.17, 15) is 0 Å². The maximum Gasteiger partial charge on any atom is 0.191 e. The van der Waals surface area contributed by atoms with Crippen molar-refractivity contribution in [2.24, 2.45) is 16.6 Å². The van der Waals surface area contributed by atoms with E-state index >= 15 is 0 Å². The third-order valence-electron chi connectivity index (χ3n) is 4.07. The highest BCUT2D eigenvalue weighted by Gasteiger charge is 2.16. The molecule has 2 aliphatic heterocycles. The Morgan fingerprint density at radius 2 is 1.76 bits per heavy atom. The summed E-state index contributed by atoms with van der Waals surface area (Å²) in [7, 11) is 2.19. The summed E-state index contributed by atoms with van der Waals surface area (Å²) in [6.45, 7) is 12.1. The maximum absolute atomic E-state index is 6.05. The summed E-state index contributed by atoms with van der Waals surface area (Å²) in [5.74, 6) is 1.23. The molecule has 21 heavy (non-hydrogen) atoms. The highest BCUT2D eigenvalue weighted by Crippen LogP contribution is 2.05. The number of hydrogen-bond acceptors (Lipinski definition) is 4. The third kappa shape index (κ3) is 6.66.